The molecule has 0 fully saturated rings. The minimum Gasteiger partial charge on any atom is -0.494 e. The predicted molar refractivity (Wildman–Crippen MR) is 101 cm³/mol. The molecule has 0 atom stereocenters. The molecule has 0 saturated carbocycles. The molecule has 0 aliphatic rings. The molecule has 0 radical (unpaired) electrons. The number of halogens is 1. The third kappa shape index (κ3) is 7.73. The van der Waals surface area contributed by atoms with E-state index in [4.69, 9.17) is 9.47 Å². The van der Waals surface area contributed by atoms with E-state index in [2.05, 4.69) is 5.32 Å². The first kappa shape index (κ1) is 20.2. The number of rotatable bonds is 9. The molecule has 0 heterocycles. The van der Waals surface area contributed by atoms with E-state index in [0.29, 0.717) is 19.6 Å². The molecule has 2 aromatic rings. The fraction of sp³-hybridized carbons (Fsp3) is 0.238. The Labute approximate surface area is 157 Å². The van der Waals surface area contributed by atoms with Crippen LogP contribution >= 0.6 is 0 Å². The van der Waals surface area contributed by atoms with Crippen LogP contribution in [0.5, 0.6) is 5.75 Å². The zero-order chi connectivity index (χ0) is 19.5. The number of carbonyl (C=O) groups is 2. The number of carbonyl (C=O) groups excluding carboxylic acids is 2. The van der Waals surface area contributed by atoms with E-state index in [0.717, 1.165) is 16.9 Å². The molecule has 0 spiro atoms. The van der Waals surface area contributed by atoms with Crippen molar-refractivity contribution in [3.63, 3.8) is 0 Å². The van der Waals surface area contributed by atoms with Crippen molar-refractivity contribution < 1.29 is 23.5 Å². The second kappa shape index (κ2) is 10.8. The molecule has 0 saturated heterocycles. The molecule has 27 heavy (non-hydrogen) atoms. The number of benzene rings is 2. The molecule has 1 N–H and O–H groups in total. The van der Waals surface area contributed by atoms with E-state index in [9.17, 15) is 14.0 Å². The first-order valence-electron chi connectivity index (χ1n) is 8.65. The van der Waals surface area contributed by atoms with Gasteiger partial charge in [0.25, 0.3) is 5.91 Å². The summed E-state index contributed by atoms with van der Waals surface area (Å²) >= 11 is 0. The number of hydrogen-bond donors (Lipinski definition) is 1. The summed E-state index contributed by atoms with van der Waals surface area (Å²) in [5.41, 5.74) is 1.73. The lowest BCUT2D eigenvalue weighted by Crippen LogP contribution is -2.30. The summed E-state index contributed by atoms with van der Waals surface area (Å²) in [6.07, 6.45) is 3.43. The van der Waals surface area contributed by atoms with Crippen LogP contribution in [0.25, 0.3) is 6.08 Å². The average Bonchev–Trinajstić information content (AvgIpc) is 2.67. The lowest BCUT2D eigenvalue weighted by atomic mass is 10.1. The molecule has 0 aliphatic heterocycles. The molecule has 6 heteroatoms. The zero-order valence-corrected chi connectivity index (χ0v) is 15.1. The highest BCUT2D eigenvalue weighted by atomic mass is 19.1. The molecule has 2 rings (SSSR count). The lowest BCUT2D eigenvalue weighted by molar-refractivity contribution is -0.143. The summed E-state index contributed by atoms with van der Waals surface area (Å²) in [7, 11) is 0. The van der Waals surface area contributed by atoms with E-state index >= 15 is 0 Å². The molecular formula is C21H22FNO4. The van der Waals surface area contributed by atoms with E-state index in [1.54, 1.807) is 18.2 Å². The summed E-state index contributed by atoms with van der Waals surface area (Å²) < 4.78 is 23.0. The fourth-order valence-corrected chi connectivity index (χ4v) is 2.24. The van der Waals surface area contributed by atoms with Crippen LogP contribution in [0.1, 0.15) is 18.1 Å². The third-order valence-corrected chi connectivity index (χ3v) is 3.60. The summed E-state index contributed by atoms with van der Waals surface area (Å²) in [4.78, 5) is 23.3. The van der Waals surface area contributed by atoms with Crippen LogP contribution in [-0.2, 0) is 20.7 Å². The largest absolute Gasteiger partial charge is 0.494 e. The van der Waals surface area contributed by atoms with Crippen molar-refractivity contribution in [1.29, 1.82) is 0 Å². The van der Waals surface area contributed by atoms with Crippen LogP contribution in [0, 0.1) is 5.82 Å². The van der Waals surface area contributed by atoms with Gasteiger partial charge in [0.15, 0.2) is 6.61 Å². The van der Waals surface area contributed by atoms with Crippen molar-refractivity contribution in [2.75, 3.05) is 19.8 Å². The molecule has 5 nitrogen and oxygen atoms in total. The Morgan fingerprint density at radius 2 is 1.78 bits per heavy atom. The van der Waals surface area contributed by atoms with Gasteiger partial charge in [0.1, 0.15) is 11.6 Å². The van der Waals surface area contributed by atoms with Crippen molar-refractivity contribution >= 4 is 18.0 Å². The Morgan fingerprint density at radius 1 is 1.07 bits per heavy atom. The summed E-state index contributed by atoms with van der Waals surface area (Å²) in [5, 5.41) is 2.65. The van der Waals surface area contributed by atoms with Gasteiger partial charge in [-0.2, -0.15) is 0 Å². The van der Waals surface area contributed by atoms with Gasteiger partial charge < -0.3 is 14.8 Å². The maximum atomic E-state index is 12.8. The van der Waals surface area contributed by atoms with E-state index < -0.39 is 5.97 Å². The Hall–Kier alpha value is -3.15. The highest BCUT2D eigenvalue weighted by molar-refractivity contribution is 5.89. The van der Waals surface area contributed by atoms with Crippen LogP contribution in [-0.4, -0.2) is 31.6 Å². The van der Waals surface area contributed by atoms with Crippen LogP contribution in [0.15, 0.2) is 54.6 Å². The van der Waals surface area contributed by atoms with Gasteiger partial charge in [-0.25, -0.2) is 9.18 Å². The third-order valence-electron chi connectivity index (χ3n) is 3.60. The average molecular weight is 371 g/mol. The molecular weight excluding hydrogens is 349 g/mol. The van der Waals surface area contributed by atoms with Gasteiger partial charge in [0.2, 0.25) is 0 Å². The smallest absolute Gasteiger partial charge is 0.331 e. The standard InChI is InChI=1S/C21H22FNO4/c1-2-26-19-10-5-16(6-11-19)7-12-21(25)27-15-20(24)23-14-13-17-3-8-18(22)9-4-17/h3-12H,2,13-15H2,1H3,(H,23,24)/b12-7+. The van der Waals surface area contributed by atoms with Gasteiger partial charge in [-0.15, -0.1) is 0 Å². The molecule has 0 aliphatic carbocycles. The first-order valence-corrected chi connectivity index (χ1v) is 8.65. The quantitative estimate of drug-likeness (QED) is 0.543. The molecule has 0 unspecified atom stereocenters. The van der Waals surface area contributed by atoms with Crippen molar-refractivity contribution in [1.82, 2.24) is 5.32 Å². The van der Waals surface area contributed by atoms with E-state index in [-0.39, 0.29) is 18.3 Å². The fourth-order valence-electron chi connectivity index (χ4n) is 2.24. The van der Waals surface area contributed by atoms with E-state index in [1.165, 1.54) is 18.2 Å². The Bertz CT molecular complexity index is 770. The molecule has 0 aromatic heterocycles. The Kier molecular flexibility index (Phi) is 8.03. The van der Waals surface area contributed by atoms with Crippen LogP contribution in [0.3, 0.4) is 0 Å². The minimum absolute atomic E-state index is 0.298. The summed E-state index contributed by atoms with van der Waals surface area (Å²) in [6, 6.07) is 13.3. The monoisotopic (exact) mass is 371 g/mol. The SMILES string of the molecule is CCOc1ccc(/C=C/C(=O)OCC(=O)NCCc2ccc(F)cc2)cc1. The van der Waals surface area contributed by atoms with Gasteiger partial charge in [-0.1, -0.05) is 24.3 Å². The second-order valence-electron chi connectivity index (χ2n) is 5.67. The normalized spacial score (nSPS) is 10.6. The topological polar surface area (TPSA) is 64.6 Å². The van der Waals surface area contributed by atoms with Crippen molar-refractivity contribution in [2.45, 2.75) is 13.3 Å². The maximum Gasteiger partial charge on any atom is 0.331 e. The van der Waals surface area contributed by atoms with Gasteiger partial charge in [-0.3, -0.25) is 4.79 Å². The van der Waals surface area contributed by atoms with Gasteiger partial charge in [-0.05, 0) is 54.8 Å². The van der Waals surface area contributed by atoms with E-state index in [1.807, 2.05) is 31.2 Å². The predicted octanol–water partition coefficient (Wildman–Crippen LogP) is 3.14. The van der Waals surface area contributed by atoms with Crippen LogP contribution in [0.4, 0.5) is 4.39 Å². The number of nitrogens with one attached hydrogen (secondary N) is 1. The van der Waals surface area contributed by atoms with Crippen LogP contribution < -0.4 is 10.1 Å². The van der Waals surface area contributed by atoms with Gasteiger partial charge in [0, 0.05) is 12.6 Å². The van der Waals surface area contributed by atoms with Crippen molar-refractivity contribution in [2.24, 2.45) is 0 Å². The number of esters is 1. The second-order valence-corrected chi connectivity index (χ2v) is 5.67. The minimum atomic E-state index is -0.599. The Balaban J connectivity index is 1.66. The van der Waals surface area contributed by atoms with Gasteiger partial charge in [0.05, 0.1) is 6.61 Å². The van der Waals surface area contributed by atoms with Crippen molar-refractivity contribution in [3.8, 4) is 5.75 Å². The molecule has 0 bridgehead atoms. The van der Waals surface area contributed by atoms with Crippen LogP contribution in [0.2, 0.25) is 0 Å². The number of ether oxygens (including phenoxy) is 2. The highest BCUT2D eigenvalue weighted by Gasteiger charge is 2.05. The van der Waals surface area contributed by atoms with Gasteiger partial charge >= 0.3 is 5.97 Å². The molecule has 2 aromatic carbocycles. The molecule has 1 amide bonds. The highest BCUT2D eigenvalue weighted by Crippen LogP contribution is 2.13. The molecule has 142 valence electrons. The maximum absolute atomic E-state index is 12.8. The number of amides is 1. The first-order chi connectivity index (χ1) is 13.1. The zero-order valence-electron chi connectivity index (χ0n) is 15.1. The summed E-state index contributed by atoms with van der Waals surface area (Å²) in [5.74, 6) is -0.528. The Morgan fingerprint density at radius 3 is 2.44 bits per heavy atom. The number of hydrogen-bond acceptors (Lipinski definition) is 4. The summed E-state index contributed by atoms with van der Waals surface area (Å²) in [6.45, 7) is 2.52. The lowest BCUT2D eigenvalue weighted by Gasteiger charge is -2.05. The van der Waals surface area contributed by atoms with Crippen molar-refractivity contribution in [3.05, 3.63) is 71.6 Å².